The first-order valence-corrected chi connectivity index (χ1v) is 6.24. The summed E-state index contributed by atoms with van der Waals surface area (Å²) in [6.07, 6.45) is 2.03. The average Bonchev–Trinajstić information content (AvgIpc) is 2.93. The van der Waals surface area contributed by atoms with Gasteiger partial charge in [-0.2, -0.15) is 0 Å². The lowest BCUT2D eigenvalue weighted by Crippen LogP contribution is -1.95. The Hall–Kier alpha value is -1.63. The fourth-order valence-corrected chi connectivity index (χ4v) is 1.74. The van der Waals surface area contributed by atoms with Crippen LogP contribution in [0.1, 0.15) is 25.2 Å². The molecule has 6 nitrogen and oxygen atoms in total. The first kappa shape index (κ1) is 12.8. The lowest BCUT2D eigenvalue weighted by atomic mass is 10.2. The van der Waals surface area contributed by atoms with Crippen LogP contribution in [0.2, 0.25) is 0 Å². The summed E-state index contributed by atoms with van der Waals surface area (Å²) in [5.41, 5.74) is 0. The van der Waals surface area contributed by atoms with Gasteiger partial charge in [-0.1, -0.05) is 0 Å². The largest absolute Gasteiger partial charge is 0.481 e. The third-order valence-electron chi connectivity index (χ3n) is 2.28. The van der Waals surface area contributed by atoms with E-state index in [1.807, 2.05) is 0 Å². The molecule has 0 aliphatic carbocycles. The Balaban J connectivity index is 1.88. The van der Waals surface area contributed by atoms with Crippen molar-refractivity contribution in [3.63, 3.8) is 0 Å². The molecule has 0 saturated heterocycles. The number of hydrogen-bond donors (Lipinski definition) is 1. The molecule has 2 aromatic rings. The van der Waals surface area contributed by atoms with Crippen LogP contribution in [0.15, 0.2) is 25.6 Å². The van der Waals surface area contributed by atoms with Gasteiger partial charge in [0.15, 0.2) is 10.4 Å². The fraction of sp³-hybridized carbons (Fsp3) is 0.364. The number of carboxylic acids is 1. The molecule has 0 spiro atoms. The van der Waals surface area contributed by atoms with Crippen LogP contribution < -0.4 is 0 Å². The summed E-state index contributed by atoms with van der Waals surface area (Å²) in [6.45, 7) is 0. The van der Waals surface area contributed by atoms with Gasteiger partial charge < -0.3 is 13.9 Å². The minimum Gasteiger partial charge on any atom is -0.481 e. The Kier molecular flexibility index (Phi) is 4.14. The maximum atomic E-state index is 10.3. The lowest BCUT2D eigenvalue weighted by Gasteiger charge is -1.93. The third-order valence-corrected chi connectivity index (χ3v) is 2.71. The Morgan fingerprint density at radius 3 is 2.78 bits per heavy atom. The monoisotopic (exact) mass is 314 g/mol. The number of carbonyl (C=O) groups is 1. The molecule has 0 aliphatic heterocycles. The van der Waals surface area contributed by atoms with E-state index < -0.39 is 5.97 Å². The summed E-state index contributed by atoms with van der Waals surface area (Å²) >= 11 is 3.19. The Morgan fingerprint density at radius 1 is 1.28 bits per heavy atom. The predicted octanol–water partition coefficient (Wildman–Crippen LogP) is 2.89. The van der Waals surface area contributed by atoms with Gasteiger partial charge in [-0.3, -0.25) is 4.79 Å². The highest BCUT2D eigenvalue weighted by atomic mass is 79.9. The second-order valence-electron chi connectivity index (χ2n) is 3.71. The maximum absolute atomic E-state index is 10.3. The van der Waals surface area contributed by atoms with Crippen molar-refractivity contribution in [2.45, 2.75) is 25.7 Å². The van der Waals surface area contributed by atoms with Gasteiger partial charge in [0.2, 0.25) is 5.89 Å². The molecule has 0 radical (unpaired) electrons. The van der Waals surface area contributed by atoms with Crippen molar-refractivity contribution in [1.82, 2.24) is 10.2 Å². The van der Waals surface area contributed by atoms with Crippen molar-refractivity contribution in [3.8, 4) is 11.7 Å². The van der Waals surface area contributed by atoms with Crippen LogP contribution >= 0.6 is 15.9 Å². The number of unbranched alkanes of at least 4 members (excludes halogenated alkanes) is 1. The molecule has 2 heterocycles. The third kappa shape index (κ3) is 3.43. The molecule has 2 aromatic heterocycles. The molecule has 0 aliphatic rings. The molecule has 7 heteroatoms. The summed E-state index contributed by atoms with van der Waals surface area (Å²) in [5, 5.41) is 16.2. The van der Waals surface area contributed by atoms with Gasteiger partial charge in [0.05, 0.1) is 0 Å². The zero-order valence-electron chi connectivity index (χ0n) is 9.43. The summed E-state index contributed by atoms with van der Waals surface area (Å²) < 4.78 is 11.3. The second-order valence-corrected chi connectivity index (χ2v) is 4.49. The summed E-state index contributed by atoms with van der Waals surface area (Å²) in [6, 6.07) is 3.47. The van der Waals surface area contributed by atoms with Gasteiger partial charge in [0.25, 0.3) is 5.89 Å². The van der Waals surface area contributed by atoms with E-state index in [4.69, 9.17) is 13.9 Å². The predicted molar refractivity (Wildman–Crippen MR) is 64.9 cm³/mol. The average molecular weight is 315 g/mol. The molecule has 2 rings (SSSR count). The number of halogens is 1. The van der Waals surface area contributed by atoms with Crippen LogP contribution in [-0.4, -0.2) is 21.3 Å². The summed E-state index contributed by atoms with van der Waals surface area (Å²) in [5.74, 6) is 0.532. The normalized spacial score (nSPS) is 10.7. The number of aromatic nitrogens is 2. The van der Waals surface area contributed by atoms with Gasteiger partial charge in [0.1, 0.15) is 0 Å². The van der Waals surface area contributed by atoms with Crippen molar-refractivity contribution in [1.29, 1.82) is 0 Å². The van der Waals surface area contributed by atoms with E-state index in [0.717, 1.165) is 0 Å². The highest BCUT2D eigenvalue weighted by Gasteiger charge is 2.12. The van der Waals surface area contributed by atoms with Crippen molar-refractivity contribution in [2.24, 2.45) is 0 Å². The van der Waals surface area contributed by atoms with Gasteiger partial charge >= 0.3 is 5.97 Å². The molecule has 0 unspecified atom stereocenters. The van der Waals surface area contributed by atoms with Crippen LogP contribution in [0.3, 0.4) is 0 Å². The first-order chi connectivity index (χ1) is 8.65. The molecule has 96 valence electrons. The highest BCUT2D eigenvalue weighted by Crippen LogP contribution is 2.24. The van der Waals surface area contributed by atoms with E-state index >= 15 is 0 Å². The maximum Gasteiger partial charge on any atom is 0.303 e. The summed E-state index contributed by atoms with van der Waals surface area (Å²) in [4.78, 5) is 10.3. The standard InChI is InChI=1S/C11H11BrN2O4/c12-8-6-5-7(17-8)11-14-13-9(18-11)3-1-2-4-10(15)16/h5-6H,1-4H2,(H,15,16). The zero-order chi connectivity index (χ0) is 13.0. The zero-order valence-corrected chi connectivity index (χ0v) is 11.0. The van der Waals surface area contributed by atoms with Gasteiger partial charge in [-0.15, -0.1) is 10.2 Å². The second kappa shape index (κ2) is 5.81. The minimum absolute atomic E-state index is 0.159. The van der Waals surface area contributed by atoms with Crippen molar-refractivity contribution in [3.05, 3.63) is 22.7 Å². The molecule has 0 fully saturated rings. The van der Waals surface area contributed by atoms with Crippen molar-refractivity contribution in [2.75, 3.05) is 0 Å². The summed E-state index contributed by atoms with van der Waals surface area (Å²) in [7, 11) is 0. The SMILES string of the molecule is O=C(O)CCCCc1nnc(-c2ccc(Br)o2)o1. The molecular weight excluding hydrogens is 304 g/mol. The molecular formula is C11H11BrN2O4. The number of rotatable bonds is 6. The van der Waals surface area contributed by atoms with Crippen LogP contribution in [0.4, 0.5) is 0 Å². The smallest absolute Gasteiger partial charge is 0.303 e. The fourth-order valence-electron chi connectivity index (χ4n) is 1.44. The number of aliphatic carboxylic acids is 1. The van der Waals surface area contributed by atoms with E-state index in [9.17, 15) is 4.79 Å². The molecule has 0 aromatic carbocycles. The number of carboxylic acid groups (broad SMARTS) is 1. The molecule has 0 saturated carbocycles. The molecule has 1 N–H and O–H groups in total. The Morgan fingerprint density at radius 2 is 2.11 bits per heavy atom. The van der Waals surface area contributed by atoms with Gasteiger partial charge in [0, 0.05) is 12.8 Å². The Bertz CT molecular complexity index is 535. The minimum atomic E-state index is -0.790. The Labute approximate surface area is 111 Å². The lowest BCUT2D eigenvalue weighted by molar-refractivity contribution is -0.137. The molecule has 18 heavy (non-hydrogen) atoms. The number of aryl methyl sites for hydroxylation is 1. The van der Waals surface area contributed by atoms with Crippen molar-refractivity contribution >= 4 is 21.9 Å². The number of nitrogens with zero attached hydrogens (tertiary/aromatic N) is 2. The van der Waals surface area contributed by atoms with Crippen LogP contribution in [0, 0.1) is 0 Å². The van der Waals surface area contributed by atoms with Gasteiger partial charge in [-0.05, 0) is 40.9 Å². The molecule has 0 bridgehead atoms. The van der Waals surface area contributed by atoms with E-state index in [1.165, 1.54) is 0 Å². The van der Waals surface area contributed by atoms with Gasteiger partial charge in [-0.25, -0.2) is 0 Å². The van der Waals surface area contributed by atoms with Crippen LogP contribution in [-0.2, 0) is 11.2 Å². The van der Waals surface area contributed by atoms with Crippen LogP contribution in [0.5, 0.6) is 0 Å². The topological polar surface area (TPSA) is 89.4 Å². The van der Waals surface area contributed by atoms with E-state index in [0.29, 0.717) is 41.5 Å². The number of furan rings is 1. The van der Waals surface area contributed by atoms with E-state index in [2.05, 4.69) is 26.1 Å². The van der Waals surface area contributed by atoms with Crippen molar-refractivity contribution < 1.29 is 18.7 Å². The molecule has 0 amide bonds. The number of hydrogen-bond acceptors (Lipinski definition) is 5. The van der Waals surface area contributed by atoms with E-state index in [-0.39, 0.29) is 6.42 Å². The van der Waals surface area contributed by atoms with Crippen LogP contribution in [0.25, 0.3) is 11.7 Å². The van der Waals surface area contributed by atoms with E-state index in [1.54, 1.807) is 12.1 Å². The first-order valence-electron chi connectivity index (χ1n) is 5.45. The quantitative estimate of drug-likeness (QED) is 0.824. The molecule has 0 atom stereocenters. The highest BCUT2D eigenvalue weighted by molar-refractivity contribution is 9.10.